The number of aliphatic hydroxyl groups excluding tert-OH is 1. The van der Waals surface area contributed by atoms with Gasteiger partial charge >= 0.3 is 0 Å². The lowest BCUT2D eigenvalue weighted by molar-refractivity contribution is 0.0844. The molecular formula is C18H19ClN4O2. The molecule has 0 spiro atoms. The molecule has 1 unspecified atom stereocenters. The monoisotopic (exact) mass is 358 g/mol. The summed E-state index contributed by atoms with van der Waals surface area (Å²) >= 11 is 5.97. The Hall–Kier alpha value is -2.44. The Morgan fingerprint density at radius 3 is 2.60 bits per heavy atom. The van der Waals surface area contributed by atoms with E-state index in [4.69, 9.17) is 16.3 Å². The van der Waals surface area contributed by atoms with Crippen molar-refractivity contribution in [2.45, 2.75) is 26.5 Å². The van der Waals surface area contributed by atoms with E-state index in [1.54, 1.807) is 12.1 Å². The summed E-state index contributed by atoms with van der Waals surface area (Å²) in [6, 6.07) is 13.2. The highest BCUT2D eigenvalue weighted by Gasteiger charge is 2.12. The van der Waals surface area contributed by atoms with Crippen molar-refractivity contribution in [3.63, 3.8) is 0 Å². The zero-order valence-corrected chi connectivity index (χ0v) is 14.8. The highest BCUT2D eigenvalue weighted by molar-refractivity contribution is 6.30. The van der Waals surface area contributed by atoms with Gasteiger partial charge in [-0.2, -0.15) is 4.80 Å². The molecule has 0 bridgehead atoms. The number of para-hydroxylation sites is 1. The zero-order chi connectivity index (χ0) is 17.8. The quantitative estimate of drug-likeness (QED) is 0.733. The van der Waals surface area contributed by atoms with Crippen LogP contribution in [-0.2, 0) is 6.54 Å². The van der Waals surface area contributed by atoms with Crippen LogP contribution in [0.4, 0.5) is 0 Å². The van der Waals surface area contributed by atoms with E-state index in [-0.39, 0.29) is 13.2 Å². The molecule has 25 heavy (non-hydrogen) atoms. The third-order valence-electron chi connectivity index (χ3n) is 3.74. The minimum absolute atomic E-state index is 0.153. The summed E-state index contributed by atoms with van der Waals surface area (Å²) in [6.07, 6.45) is -0.750. The number of hydrogen-bond donors (Lipinski definition) is 1. The Bertz CT molecular complexity index is 846. The normalized spacial score (nSPS) is 12.2. The van der Waals surface area contributed by atoms with Crippen LogP contribution in [-0.4, -0.2) is 38.0 Å². The van der Waals surface area contributed by atoms with E-state index >= 15 is 0 Å². The van der Waals surface area contributed by atoms with Gasteiger partial charge in [0.2, 0.25) is 5.82 Å². The van der Waals surface area contributed by atoms with Crippen LogP contribution < -0.4 is 4.74 Å². The molecule has 6 nitrogen and oxygen atoms in total. The lowest BCUT2D eigenvalue weighted by Crippen LogP contribution is -2.25. The molecule has 0 amide bonds. The highest BCUT2D eigenvalue weighted by atomic mass is 35.5. The lowest BCUT2D eigenvalue weighted by atomic mass is 10.1. The molecule has 1 N–H and O–H groups in total. The summed E-state index contributed by atoms with van der Waals surface area (Å²) < 4.78 is 5.75. The van der Waals surface area contributed by atoms with Crippen molar-refractivity contribution in [2.24, 2.45) is 0 Å². The standard InChI is InChI=1S/C18H19ClN4O2/c1-12-5-3-6-13(2)17(12)25-11-16(24)10-23-21-18(20-22-23)14-7-4-8-15(19)9-14/h3-9,16,24H,10-11H2,1-2H3. The van der Waals surface area contributed by atoms with Crippen molar-refractivity contribution in [1.82, 2.24) is 20.2 Å². The number of aryl methyl sites for hydroxylation is 2. The molecular weight excluding hydrogens is 340 g/mol. The number of halogens is 1. The second-order valence-corrected chi connectivity index (χ2v) is 6.30. The van der Waals surface area contributed by atoms with Crippen molar-refractivity contribution >= 4 is 11.6 Å². The van der Waals surface area contributed by atoms with Crippen molar-refractivity contribution in [1.29, 1.82) is 0 Å². The molecule has 0 radical (unpaired) electrons. The van der Waals surface area contributed by atoms with E-state index < -0.39 is 6.10 Å². The first-order valence-electron chi connectivity index (χ1n) is 7.94. The number of rotatable bonds is 6. The molecule has 1 aromatic heterocycles. The van der Waals surface area contributed by atoms with E-state index in [1.165, 1.54) is 4.80 Å². The van der Waals surface area contributed by atoms with E-state index in [0.29, 0.717) is 10.8 Å². The SMILES string of the molecule is Cc1cccc(C)c1OCC(O)Cn1nnc(-c2cccc(Cl)c2)n1. The Labute approximate surface area is 151 Å². The van der Waals surface area contributed by atoms with E-state index in [0.717, 1.165) is 22.4 Å². The fourth-order valence-electron chi connectivity index (χ4n) is 2.51. The van der Waals surface area contributed by atoms with Gasteiger partial charge in [0.05, 0.1) is 6.54 Å². The van der Waals surface area contributed by atoms with Crippen LogP contribution in [0, 0.1) is 13.8 Å². The smallest absolute Gasteiger partial charge is 0.204 e. The van der Waals surface area contributed by atoms with Crippen LogP contribution in [0.2, 0.25) is 5.02 Å². The number of aliphatic hydroxyl groups is 1. The van der Waals surface area contributed by atoms with Gasteiger partial charge < -0.3 is 9.84 Å². The number of hydrogen-bond acceptors (Lipinski definition) is 5. The third kappa shape index (κ3) is 4.35. The van der Waals surface area contributed by atoms with Gasteiger partial charge in [0.15, 0.2) is 0 Å². The van der Waals surface area contributed by atoms with Crippen LogP contribution >= 0.6 is 11.6 Å². The fraction of sp³-hybridized carbons (Fsp3) is 0.278. The van der Waals surface area contributed by atoms with Crippen LogP contribution in [0.1, 0.15) is 11.1 Å². The van der Waals surface area contributed by atoms with Gasteiger partial charge in [0, 0.05) is 10.6 Å². The summed E-state index contributed by atoms with van der Waals surface area (Å²) in [7, 11) is 0. The Morgan fingerprint density at radius 1 is 1.16 bits per heavy atom. The van der Waals surface area contributed by atoms with Crippen LogP contribution in [0.3, 0.4) is 0 Å². The van der Waals surface area contributed by atoms with Crippen molar-refractivity contribution in [2.75, 3.05) is 6.61 Å². The highest BCUT2D eigenvalue weighted by Crippen LogP contribution is 2.22. The number of aromatic nitrogens is 4. The van der Waals surface area contributed by atoms with Crippen molar-refractivity contribution in [3.05, 3.63) is 58.6 Å². The van der Waals surface area contributed by atoms with Crippen LogP contribution in [0.5, 0.6) is 5.75 Å². The molecule has 0 fully saturated rings. The Balaban J connectivity index is 1.61. The second kappa shape index (κ2) is 7.63. The predicted molar refractivity (Wildman–Crippen MR) is 95.7 cm³/mol. The minimum atomic E-state index is -0.750. The molecule has 0 saturated carbocycles. The summed E-state index contributed by atoms with van der Waals surface area (Å²) in [5, 5.41) is 23.0. The van der Waals surface area contributed by atoms with Gasteiger partial charge in [0.1, 0.15) is 18.5 Å². The topological polar surface area (TPSA) is 73.1 Å². The summed E-state index contributed by atoms with van der Waals surface area (Å²) in [5.41, 5.74) is 2.85. The maximum Gasteiger partial charge on any atom is 0.204 e. The second-order valence-electron chi connectivity index (χ2n) is 5.86. The van der Waals surface area contributed by atoms with Crippen LogP contribution in [0.25, 0.3) is 11.4 Å². The maximum atomic E-state index is 10.2. The number of tetrazole rings is 1. The molecule has 3 aromatic rings. The first-order valence-corrected chi connectivity index (χ1v) is 8.31. The molecule has 0 saturated heterocycles. The zero-order valence-electron chi connectivity index (χ0n) is 14.1. The Morgan fingerprint density at radius 2 is 1.88 bits per heavy atom. The molecule has 1 atom stereocenters. The lowest BCUT2D eigenvalue weighted by Gasteiger charge is -2.15. The molecule has 0 aliphatic carbocycles. The summed E-state index contributed by atoms with van der Waals surface area (Å²) in [5.74, 6) is 1.26. The summed E-state index contributed by atoms with van der Waals surface area (Å²) in [6.45, 7) is 4.30. The number of nitrogens with zero attached hydrogens (tertiary/aromatic N) is 4. The average Bonchev–Trinajstić information content (AvgIpc) is 3.03. The Kier molecular flexibility index (Phi) is 5.31. The minimum Gasteiger partial charge on any atom is -0.490 e. The van der Waals surface area contributed by atoms with Gasteiger partial charge in [0.25, 0.3) is 0 Å². The van der Waals surface area contributed by atoms with Crippen molar-refractivity contribution in [3.8, 4) is 17.1 Å². The van der Waals surface area contributed by atoms with Gasteiger partial charge in [-0.25, -0.2) is 0 Å². The van der Waals surface area contributed by atoms with E-state index in [9.17, 15) is 5.11 Å². The maximum absolute atomic E-state index is 10.2. The molecule has 0 aliphatic rings. The van der Waals surface area contributed by atoms with Crippen molar-refractivity contribution < 1.29 is 9.84 Å². The number of ether oxygens (including phenoxy) is 1. The molecule has 1 heterocycles. The molecule has 0 aliphatic heterocycles. The van der Waals surface area contributed by atoms with E-state index in [2.05, 4.69) is 15.4 Å². The molecule has 7 heteroatoms. The van der Waals surface area contributed by atoms with Gasteiger partial charge in [-0.05, 0) is 42.3 Å². The number of benzene rings is 2. The first-order chi connectivity index (χ1) is 12.0. The van der Waals surface area contributed by atoms with Gasteiger partial charge in [-0.3, -0.25) is 0 Å². The third-order valence-corrected chi connectivity index (χ3v) is 3.97. The van der Waals surface area contributed by atoms with E-state index in [1.807, 2.05) is 44.2 Å². The first kappa shape index (κ1) is 17.4. The van der Waals surface area contributed by atoms with Gasteiger partial charge in [-0.1, -0.05) is 41.9 Å². The average molecular weight is 359 g/mol. The van der Waals surface area contributed by atoms with Crippen LogP contribution in [0.15, 0.2) is 42.5 Å². The molecule has 3 rings (SSSR count). The molecule has 2 aromatic carbocycles. The largest absolute Gasteiger partial charge is 0.490 e. The predicted octanol–water partition coefficient (Wildman–Crippen LogP) is 3.05. The fourth-order valence-corrected chi connectivity index (χ4v) is 2.70. The summed E-state index contributed by atoms with van der Waals surface area (Å²) in [4.78, 5) is 1.36. The molecule has 130 valence electrons. The van der Waals surface area contributed by atoms with Gasteiger partial charge in [-0.15, -0.1) is 10.2 Å².